The molecule has 0 spiro atoms. The van der Waals surface area contributed by atoms with Crippen molar-refractivity contribution in [3.8, 4) is 0 Å². The van der Waals surface area contributed by atoms with Gasteiger partial charge in [-0.25, -0.2) is 4.39 Å². The zero-order valence-corrected chi connectivity index (χ0v) is 13.2. The van der Waals surface area contributed by atoms with Gasteiger partial charge in [0, 0.05) is 21.8 Å². The van der Waals surface area contributed by atoms with Crippen molar-refractivity contribution in [2.45, 2.75) is 43.5 Å². The number of benzene rings is 1. The lowest BCUT2D eigenvalue weighted by atomic mass is 10.1. The molecule has 1 nitrogen and oxygen atoms in total. The van der Waals surface area contributed by atoms with Crippen molar-refractivity contribution in [2.75, 3.05) is 6.26 Å². The average Bonchev–Trinajstić information content (AvgIpc) is 2.76. The zero-order chi connectivity index (χ0) is 13.1. The summed E-state index contributed by atoms with van der Waals surface area (Å²) in [7, 11) is 0. The molecule has 1 aromatic rings. The SMILES string of the molecule is CSC1CCC(NC(C)c2ccc(F)cc2Br)C1. The fourth-order valence-electron chi connectivity index (χ4n) is 2.60. The summed E-state index contributed by atoms with van der Waals surface area (Å²) >= 11 is 5.40. The van der Waals surface area contributed by atoms with E-state index < -0.39 is 0 Å². The molecule has 1 N–H and O–H groups in total. The molecule has 4 heteroatoms. The van der Waals surface area contributed by atoms with Crippen molar-refractivity contribution in [3.63, 3.8) is 0 Å². The first kappa shape index (κ1) is 14.4. The van der Waals surface area contributed by atoms with E-state index in [1.54, 1.807) is 0 Å². The first-order valence-corrected chi connectivity index (χ1v) is 8.42. The van der Waals surface area contributed by atoms with Crippen LogP contribution in [0.15, 0.2) is 22.7 Å². The fraction of sp³-hybridized carbons (Fsp3) is 0.571. The molecule has 3 unspecified atom stereocenters. The molecule has 1 aromatic carbocycles. The summed E-state index contributed by atoms with van der Waals surface area (Å²) in [5.74, 6) is -0.193. The molecule has 1 aliphatic rings. The number of nitrogens with one attached hydrogen (secondary N) is 1. The van der Waals surface area contributed by atoms with Crippen LogP contribution < -0.4 is 5.32 Å². The van der Waals surface area contributed by atoms with Crippen LogP contribution in [0.3, 0.4) is 0 Å². The summed E-state index contributed by atoms with van der Waals surface area (Å²) in [6, 6.07) is 5.77. The topological polar surface area (TPSA) is 12.0 Å². The first-order chi connectivity index (χ1) is 8.60. The Kier molecular flexibility index (Phi) is 5.10. The highest BCUT2D eigenvalue weighted by molar-refractivity contribution is 9.10. The van der Waals surface area contributed by atoms with Gasteiger partial charge in [0.1, 0.15) is 5.82 Å². The van der Waals surface area contributed by atoms with Crippen molar-refractivity contribution in [2.24, 2.45) is 0 Å². The number of halogens is 2. The van der Waals surface area contributed by atoms with Crippen molar-refractivity contribution >= 4 is 27.7 Å². The predicted molar refractivity (Wildman–Crippen MR) is 80.6 cm³/mol. The van der Waals surface area contributed by atoms with Crippen LogP contribution in [-0.4, -0.2) is 17.5 Å². The van der Waals surface area contributed by atoms with Crippen molar-refractivity contribution in [3.05, 3.63) is 34.1 Å². The minimum absolute atomic E-state index is 0.193. The second-order valence-corrected chi connectivity index (χ2v) is 6.91. The van der Waals surface area contributed by atoms with Crippen LogP contribution in [0.4, 0.5) is 4.39 Å². The third kappa shape index (κ3) is 3.49. The zero-order valence-electron chi connectivity index (χ0n) is 10.7. The molecular formula is C14H19BrFNS. The van der Waals surface area contributed by atoms with Gasteiger partial charge in [0.25, 0.3) is 0 Å². The summed E-state index contributed by atoms with van der Waals surface area (Å²) in [4.78, 5) is 0. The Balaban J connectivity index is 1.97. The normalized spacial score (nSPS) is 25.3. The lowest BCUT2D eigenvalue weighted by Gasteiger charge is -2.21. The molecule has 0 saturated heterocycles. The molecule has 0 aromatic heterocycles. The smallest absolute Gasteiger partial charge is 0.124 e. The summed E-state index contributed by atoms with van der Waals surface area (Å²) in [5.41, 5.74) is 1.13. The van der Waals surface area contributed by atoms with E-state index in [0.717, 1.165) is 15.3 Å². The third-order valence-electron chi connectivity index (χ3n) is 3.63. The molecule has 0 bridgehead atoms. The lowest BCUT2D eigenvalue weighted by molar-refractivity contribution is 0.460. The fourth-order valence-corrected chi connectivity index (χ4v) is 4.09. The van der Waals surface area contributed by atoms with Gasteiger partial charge in [-0.2, -0.15) is 11.8 Å². The van der Waals surface area contributed by atoms with Gasteiger partial charge in [-0.15, -0.1) is 0 Å². The molecule has 100 valence electrons. The van der Waals surface area contributed by atoms with Gasteiger partial charge >= 0.3 is 0 Å². The Labute approximate surface area is 121 Å². The van der Waals surface area contributed by atoms with E-state index in [4.69, 9.17) is 0 Å². The van der Waals surface area contributed by atoms with E-state index in [2.05, 4.69) is 34.4 Å². The molecule has 1 saturated carbocycles. The Hall–Kier alpha value is -0.0600. The minimum atomic E-state index is -0.193. The average molecular weight is 332 g/mol. The second kappa shape index (κ2) is 6.40. The Morgan fingerprint density at radius 2 is 2.22 bits per heavy atom. The first-order valence-electron chi connectivity index (χ1n) is 6.34. The van der Waals surface area contributed by atoms with Crippen molar-refractivity contribution in [1.82, 2.24) is 5.32 Å². The van der Waals surface area contributed by atoms with E-state index in [9.17, 15) is 4.39 Å². The van der Waals surface area contributed by atoms with Gasteiger partial charge in [0.05, 0.1) is 0 Å². The molecule has 18 heavy (non-hydrogen) atoms. The molecule has 0 amide bonds. The molecule has 1 fully saturated rings. The standard InChI is InChI=1S/C14H19BrFNS/c1-9(13-6-3-10(16)7-14(13)15)17-11-4-5-12(8-11)18-2/h3,6-7,9,11-12,17H,4-5,8H2,1-2H3. The van der Waals surface area contributed by atoms with Crippen LogP contribution in [0.5, 0.6) is 0 Å². The van der Waals surface area contributed by atoms with E-state index in [1.165, 1.54) is 31.4 Å². The maximum absolute atomic E-state index is 13.1. The van der Waals surface area contributed by atoms with Crippen LogP contribution in [-0.2, 0) is 0 Å². The van der Waals surface area contributed by atoms with Crippen LogP contribution in [0.2, 0.25) is 0 Å². The van der Waals surface area contributed by atoms with Crippen LogP contribution in [0.1, 0.15) is 37.8 Å². The number of hydrogen-bond donors (Lipinski definition) is 1. The summed E-state index contributed by atoms with van der Waals surface area (Å²) in [5, 5.41) is 4.45. The van der Waals surface area contributed by atoms with E-state index in [1.807, 2.05) is 17.8 Å². The van der Waals surface area contributed by atoms with Gasteiger partial charge in [-0.3, -0.25) is 0 Å². The largest absolute Gasteiger partial charge is 0.307 e. The monoisotopic (exact) mass is 331 g/mol. The van der Waals surface area contributed by atoms with Crippen LogP contribution in [0.25, 0.3) is 0 Å². The number of rotatable bonds is 4. The van der Waals surface area contributed by atoms with Gasteiger partial charge < -0.3 is 5.32 Å². The molecule has 2 rings (SSSR count). The number of thioether (sulfide) groups is 1. The predicted octanol–water partition coefficient (Wildman–Crippen LogP) is 4.52. The van der Waals surface area contributed by atoms with Crippen molar-refractivity contribution < 1.29 is 4.39 Å². The third-order valence-corrected chi connectivity index (χ3v) is 5.41. The number of hydrogen-bond acceptors (Lipinski definition) is 2. The molecule has 3 atom stereocenters. The summed E-state index contributed by atoms with van der Waals surface area (Å²) < 4.78 is 13.9. The highest BCUT2D eigenvalue weighted by atomic mass is 79.9. The molecule has 0 aliphatic heterocycles. The maximum atomic E-state index is 13.1. The Morgan fingerprint density at radius 1 is 1.44 bits per heavy atom. The van der Waals surface area contributed by atoms with Crippen LogP contribution in [0, 0.1) is 5.82 Å². The van der Waals surface area contributed by atoms with Crippen molar-refractivity contribution in [1.29, 1.82) is 0 Å². The maximum Gasteiger partial charge on any atom is 0.124 e. The van der Waals surface area contributed by atoms with Crippen LogP contribution >= 0.6 is 27.7 Å². The van der Waals surface area contributed by atoms with Gasteiger partial charge in [0.2, 0.25) is 0 Å². The molecular weight excluding hydrogens is 313 g/mol. The lowest BCUT2D eigenvalue weighted by Crippen LogP contribution is -2.29. The highest BCUT2D eigenvalue weighted by Gasteiger charge is 2.25. The summed E-state index contributed by atoms with van der Waals surface area (Å²) in [6.07, 6.45) is 5.97. The van der Waals surface area contributed by atoms with Gasteiger partial charge in [-0.05, 0) is 50.1 Å². The minimum Gasteiger partial charge on any atom is -0.307 e. The Bertz CT molecular complexity index is 413. The second-order valence-electron chi connectivity index (χ2n) is 4.92. The Morgan fingerprint density at radius 3 is 2.83 bits per heavy atom. The quantitative estimate of drug-likeness (QED) is 0.870. The summed E-state index contributed by atoms with van der Waals surface area (Å²) in [6.45, 7) is 2.14. The highest BCUT2D eigenvalue weighted by Crippen LogP contribution is 2.31. The van der Waals surface area contributed by atoms with E-state index in [-0.39, 0.29) is 11.9 Å². The molecule has 1 aliphatic carbocycles. The van der Waals surface area contributed by atoms with Gasteiger partial charge in [0.15, 0.2) is 0 Å². The van der Waals surface area contributed by atoms with E-state index >= 15 is 0 Å². The van der Waals surface area contributed by atoms with Gasteiger partial charge in [-0.1, -0.05) is 22.0 Å². The molecule has 0 heterocycles. The molecule has 0 radical (unpaired) electrons. The van der Waals surface area contributed by atoms with E-state index in [0.29, 0.717) is 6.04 Å².